The van der Waals surface area contributed by atoms with Crippen LogP contribution >= 0.6 is 0 Å². The third kappa shape index (κ3) is 4.24. The van der Waals surface area contributed by atoms with E-state index in [1.54, 1.807) is 6.92 Å². The fraction of sp³-hybridized carbons (Fsp3) is 0.462. The van der Waals surface area contributed by atoms with E-state index in [9.17, 15) is 18.0 Å². The molecule has 1 aromatic rings. The Bertz CT molecular complexity index is 432. The van der Waals surface area contributed by atoms with Crippen LogP contribution in [0.1, 0.15) is 35.7 Å². The topological polar surface area (TPSA) is 49.3 Å². The Morgan fingerprint density at radius 3 is 2.53 bits per heavy atom. The van der Waals surface area contributed by atoms with Gasteiger partial charge < -0.3 is 10.4 Å². The Morgan fingerprint density at radius 1 is 1.37 bits per heavy atom. The first-order chi connectivity index (χ1) is 8.90. The highest BCUT2D eigenvalue weighted by molar-refractivity contribution is 5.96. The molecular weight excluding hydrogens is 259 g/mol. The van der Waals surface area contributed by atoms with E-state index < -0.39 is 23.2 Å². The minimum Gasteiger partial charge on any atom is -0.396 e. The number of carbonyl (C=O) groups is 1. The molecule has 0 saturated carbocycles. The molecule has 1 unspecified atom stereocenters. The molecule has 19 heavy (non-hydrogen) atoms. The molecule has 0 aromatic heterocycles. The molecule has 0 heterocycles. The molecule has 106 valence electrons. The van der Waals surface area contributed by atoms with Crippen molar-refractivity contribution < 1.29 is 23.1 Å². The second-order valence-electron chi connectivity index (χ2n) is 4.13. The molecule has 1 aromatic carbocycles. The number of hydrogen-bond donors (Lipinski definition) is 2. The quantitative estimate of drug-likeness (QED) is 0.867. The lowest BCUT2D eigenvalue weighted by Gasteiger charge is -2.18. The number of aliphatic hydroxyl groups is 1. The number of hydrogen-bond acceptors (Lipinski definition) is 2. The molecule has 0 fully saturated rings. The summed E-state index contributed by atoms with van der Waals surface area (Å²) >= 11 is 0. The third-order valence-corrected chi connectivity index (χ3v) is 2.78. The molecule has 0 aliphatic rings. The minimum absolute atomic E-state index is 0.125. The monoisotopic (exact) mass is 275 g/mol. The van der Waals surface area contributed by atoms with Gasteiger partial charge in [0.05, 0.1) is 11.1 Å². The molecule has 0 radical (unpaired) electrons. The van der Waals surface area contributed by atoms with E-state index in [0.717, 1.165) is 12.1 Å². The van der Waals surface area contributed by atoms with Crippen LogP contribution in [0.15, 0.2) is 24.3 Å². The van der Waals surface area contributed by atoms with Gasteiger partial charge >= 0.3 is 6.18 Å². The van der Waals surface area contributed by atoms with Crippen LogP contribution in [0.2, 0.25) is 0 Å². The van der Waals surface area contributed by atoms with Crippen LogP contribution in [0, 0.1) is 0 Å². The zero-order valence-electron chi connectivity index (χ0n) is 10.5. The average Bonchev–Trinajstić information content (AvgIpc) is 2.37. The largest absolute Gasteiger partial charge is 0.417 e. The summed E-state index contributed by atoms with van der Waals surface area (Å²) in [4.78, 5) is 11.9. The number of benzene rings is 1. The zero-order chi connectivity index (χ0) is 14.5. The SMILES string of the molecule is CCC(CCO)NC(=O)c1ccccc1C(F)(F)F. The first-order valence-electron chi connectivity index (χ1n) is 5.98. The maximum atomic E-state index is 12.8. The minimum atomic E-state index is -4.56. The number of aliphatic hydroxyl groups excluding tert-OH is 1. The van der Waals surface area contributed by atoms with Crippen LogP contribution in [0.5, 0.6) is 0 Å². The van der Waals surface area contributed by atoms with Crippen molar-refractivity contribution in [2.24, 2.45) is 0 Å². The van der Waals surface area contributed by atoms with Crippen molar-refractivity contribution in [3.63, 3.8) is 0 Å². The van der Waals surface area contributed by atoms with E-state index in [1.807, 2.05) is 0 Å². The van der Waals surface area contributed by atoms with E-state index in [2.05, 4.69) is 5.32 Å². The molecule has 1 rings (SSSR count). The molecule has 2 N–H and O–H groups in total. The number of nitrogens with one attached hydrogen (secondary N) is 1. The van der Waals surface area contributed by atoms with Crippen molar-refractivity contribution >= 4 is 5.91 Å². The second-order valence-corrected chi connectivity index (χ2v) is 4.13. The van der Waals surface area contributed by atoms with Gasteiger partial charge in [0, 0.05) is 12.6 Å². The van der Waals surface area contributed by atoms with Gasteiger partial charge in [-0.15, -0.1) is 0 Å². The van der Waals surface area contributed by atoms with E-state index in [-0.39, 0.29) is 12.6 Å². The number of rotatable bonds is 5. The van der Waals surface area contributed by atoms with Crippen molar-refractivity contribution in [3.05, 3.63) is 35.4 Å². The maximum Gasteiger partial charge on any atom is 0.417 e. The standard InChI is InChI=1S/C13H16F3NO2/c1-2-9(7-8-18)17-12(19)10-5-3-4-6-11(10)13(14,15)16/h3-6,9,18H,2,7-8H2,1H3,(H,17,19). The summed E-state index contributed by atoms with van der Waals surface area (Å²) < 4.78 is 38.3. The van der Waals surface area contributed by atoms with Gasteiger partial charge in [-0.05, 0) is 25.0 Å². The van der Waals surface area contributed by atoms with E-state index in [1.165, 1.54) is 12.1 Å². The highest BCUT2D eigenvalue weighted by Gasteiger charge is 2.35. The zero-order valence-corrected chi connectivity index (χ0v) is 10.5. The highest BCUT2D eigenvalue weighted by atomic mass is 19.4. The van der Waals surface area contributed by atoms with E-state index >= 15 is 0 Å². The molecule has 0 spiro atoms. The fourth-order valence-electron chi connectivity index (χ4n) is 1.73. The van der Waals surface area contributed by atoms with Crippen molar-refractivity contribution in [1.29, 1.82) is 0 Å². The lowest BCUT2D eigenvalue weighted by molar-refractivity contribution is -0.137. The van der Waals surface area contributed by atoms with Gasteiger partial charge in [-0.3, -0.25) is 4.79 Å². The summed E-state index contributed by atoms with van der Waals surface area (Å²) in [6.07, 6.45) is -3.70. The first-order valence-corrected chi connectivity index (χ1v) is 5.98. The maximum absolute atomic E-state index is 12.8. The Kier molecular flexibility index (Phi) is 5.35. The van der Waals surface area contributed by atoms with Crippen LogP contribution in [-0.2, 0) is 6.18 Å². The normalized spacial score (nSPS) is 13.1. The summed E-state index contributed by atoms with van der Waals surface area (Å²) in [5.74, 6) is -0.770. The Balaban J connectivity index is 2.94. The van der Waals surface area contributed by atoms with Gasteiger partial charge in [-0.2, -0.15) is 13.2 Å². The Morgan fingerprint density at radius 2 is 2.00 bits per heavy atom. The third-order valence-electron chi connectivity index (χ3n) is 2.78. The fourth-order valence-corrected chi connectivity index (χ4v) is 1.73. The van der Waals surface area contributed by atoms with E-state index in [0.29, 0.717) is 12.8 Å². The van der Waals surface area contributed by atoms with Crippen LogP contribution in [0.25, 0.3) is 0 Å². The molecule has 6 heteroatoms. The van der Waals surface area contributed by atoms with Gasteiger partial charge in [-0.1, -0.05) is 19.1 Å². The average molecular weight is 275 g/mol. The number of amides is 1. The smallest absolute Gasteiger partial charge is 0.396 e. The highest BCUT2D eigenvalue weighted by Crippen LogP contribution is 2.31. The Hall–Kier alpha value is -1.56. The summed E-state index contributed by atoms with van der Waals surface area (Å²) in [6, 6.07) is 4.31. The van der Waals surface area contributed by atoms with Crippen molar-refractivity contribution in [2.75, 3.05) is 6.61 Å². The number of halogens is 3. The van der Waals surface area contributed by atoms with Gasteiger partial charge in [0.15, 0.2) is 0 Å². The molecule has 0 aliphatic heterocycles. The van der Waals surface area contributed by atoms with Gasteiger partial charge in [0.1, 0.15) is 0 Å². The molecule has 1 amide bonds. The van der Waals surface area contributed by atoms with Crippen molar-refractivity contribution in [3.8, 4) is 0 Å². The summed E-state index contributed by atoms with van der Waals surface area (Å²) in [5.41, 5.74) is -1.35. The number of carbonyl (C=O) groups excluding carboxylic acids is 1. The molecule has 1 atom stereocenters. The lowest BCUT2D eigenvalue weighted by Crippen LogP contribution is -2.36. The summed E-state index contributed by atoms with van der Waals surface area (Å²) in [7, 11) is 0. The Labute approximate surface area is 109 Å². The number of alkyl halides is 3. The summed E-state index contributed by atoms with van der Waals surface area (Å²) in [5, 5.41) is 11.3. The van der Waals surface area contributed by atoms with Gasteiger partial charge in [0.2, 0.25) is 0 Å². The molecule has 0 bridgehead atoms. The molecule has 0 aliphatic carbocycles. The molecular formula is C13H16F3NO2. The predicted octanol–water partition coefficient (Wildman–Crippen LogP) is 2.60. The summed E-state index contributed by atoms with van der Waals surface area (Å²) in [6.45, 7) is 1.66. The van der Waals surface area contributed by atoms with Crippen LogP contribution in [-0.4, -0.2) is 23.7 Å². The van der Waals surface area contributed by atoms with Crippen LogP contribution in [0.4, 0.5) is 13.2 Å². The van der Waals surface area contributed by atoms with Crippen molar-refractivity contribution in [1.82, 2.24) is 5.32 Å². The van der Waals surface area contributed by atoms with Crippen LogP contribution in [0.3, 0.4) is 0 Å². The predicted molar refractivity (Wildman–Crippen MR) is 64.7 cm³/mol. The van der Waals surface area contributed by atoms with Crippen molar-refractivity contribution in [2.45, 2.75) is 32.0 Å². The van der Waals surface area contributed by atoms with Gasteiger partial charge in [-0.25, -0.2) is 0 Å². The molecule has 0 saturated heterocycles. The van der Waals surface area contributed by atoms with E-state index in [4.69, 9.17) is 5.11 Å². The second kappa shape index (κ2) is 6.56. The lowest BCUT2D eigenvalue weighted by atomic mass is 10.1. The van der Waals surface area contributed by atoms with Gasteiger partial charge in [0.25, 0.3) is 5.91 Å². The molecule has 3 nitrogen and oxygen atoms in total. The first kappa shape index (κ1) is 15.5. The van der Waals surface area contributed by atoms with Crippen LogP contribution < -0.4 is 5.32 Å².